The molecule has 5 nitrogen and oxygen atoms in total. The summed E-state index contributed by atoms with van der Waals surface area (Å²) in [5.41, 5.74) is 2.07. The predicted molar refractivity (Wildman–Crippen MR) is 102 cm³/mol. The summed E-state index contributed by atoms with van der Waals surface area (Å²) in [6.07, 6.45) is 9.30. The topological polar surface area (TPSA) is 67.0 Å². The number of benzene rings is 1. The van der Waals surface area contributed by atoms with Gasteiger partial charge < -0.3 is 14.6 Å². The lowest BCUT2D eigenvalue weighted by atomic mass is 10.1. The number of carbonyl (C=O) groups excluding carboxylic acids is 1. The Balaban J connectivity index is 1.50. The zero-order chi connectivity index (χ0) is 18.2. The summed E-state index contributed by atoms with van der Waals surface area (Å²) < 4.78 is 7.62. The molecule has 1 amide bonds. The average molecular weight is 351 g/mol. The number of hydrogen-bond acceptors (Lipinski definition) is 3. The van der Waals surface area contributed by atoms with E-state index >= 15 is 0 Å². The number of nitriles is 1. The van der Waals surface area contributed by atoms with Gasteiger partial charge in [0.05, 0.1) is 12.5 Å². The fraction of sp³-hybridized carbons (Fsp3) is 0.429. The van der Waals surface area contributed by atoms with Gasteiger partial charge in [0.2, 0.25) is 5.91 Å². The molecule has 1 fully saturated rings. The molecule has 136 valence electrons. The Morgan fingerprint density at radius 1 is 1.38 bits per heavy atom. The third-order valence-corrected chi connectivity index (χ3v) is 4.51. The van der Waals surface area contributed by atoms with E-state index < -0.39 is 0 Å². The molecule has 1 heterocycles. The Hall–Kier alpha value is -2.58. The van der Waals surface area contributed by atoms with E-state index in [2.05, 4.69) is 16.0 Å². The van der Waals surface area contributed by atoms with E-state index in [-0.39, 0.29) is 5.91 Å². The molecule has 2 aromatic rings. The number of rotatable bonds is 10. The fourth-order valence-electron chi connectivity index (χ4n) is 2.91. The van der Waals surface area contributed by atoms with E-state index in [1.54, 1.807) is 6.08 Å². The molecule has 0 saturated heterocycles. The number of para-hydroxylation sites is 1. The molecular weight excluding hydrogens is 326 g/mol. The number of ether oxygens (including phenoxy) is 1. The number of carbonyl (C=O) groups is 1. The van der Waals surface area contributed by atoms with Crippen LogP contribution < -0.4 is 5.32 Å². The molecular formula is C21H25N3O2. The molecule has 0 atom stereocenters. The Morgan fingerprint density at radius 2 is 2.23 bits per heavy atom. The molecule has 1 saturated carbocycles. The molecule has 5 heteroatoms. The first kappa shape index (κ1) is 18.2. The van der Waals surface area contributed by atoms with E-state index in [0.717, 1.165) is 35.4 Å². The molecule has 1 aromatic carbocycles. The number of nitrogens with zero attached hydrogens (tertiary/aromatic N) is 2. The quantitative estimate of drug-likeness (QED) is 0.526. The van der Waals surface area contributed by atoms with E-state index in [9.17, 15) is 4.79 Å². The van der Waals surface area contributed by atoms with Crippen molar-refractivity contribution < 1.29 is 9.53 Å². The van der Waals surface area contributed by atoms with Crippen molar-refractivity contribution >= 4 is 22.9 Å². The van der Waals surface area contributed by atoms with Gasteiger partial charge in [-0.25, -0.2) is 0 Å². The van der Waals surface area contributed by atoms with Gasteiger partial charge in [0.1, 0.15) is 0 Å². The molecule has 1 N–H and O–H groups in total. The molecule has 1 aliphatic carbocycles. The molecule has 1 aromatic heterocycles. The number of amides is 1. The van der Waals surface area contributed by atoms with Crippen LogP contribution in [0.25, 0.3) is 17.0 Å². The minimum absolute atomic E-state index is 0.0963. The molecule has 0 bridgehead atoms. The number of fused-ring (bicyclic) bond motifs is 1. The predicted octanol–water partition coefficient (Wildman–Crippen LogP) is 3.50. The van der Waals surface area contributed by atoms with Crippen LogP contribution in [0, 0.1) is 17.2 Å². The molecule has 1 aliphatic rings. The zero-order valence-corrected chi connectivity index (χ0v) is 15.0. The van der Waals surface area contributed by atoms with E-state index in [1.807, 2.05) is 36.5 Å². The van der Waals surface area contributed by atoms with Crippen molar-refractivity contribution in [1.29, 1.82) is 5.26 Å². The van der Waals surface area contributed by atoms with Gasteiger partial charge in [-0.1, -0.05) is 18.2 Å². The molecule has 0 aliphatic heterocycles. The second kappa shape index (κ2) is 9.21. The molecule has 0 unspecified atom stereocenters. The Bertz CT molecular complexity index is 812. The first-order valence-corrected chi connectivity index (χ1v) is 9.26. The minimum Gasteiger partial charge on any atom is -0.381 e. The number of nitrogens with one attached hydrogen (secondary N) is 1. The molecule has 3 rings (SSSR count). The monoisotopic (exact) mass is 351 g/mol. The fourth-order valence-corrected chi connectivity index (χ4v) is 2.91. The van der Waals surface area contributed by atoms with Crippen molar-refractivity contribution in [2.75, 3.05) is 19.8 Å². The normalized spacial score (nSPS) is 14.0. The molecule has 0 spiro atoms. The van der Waals surface area contributed by atoms with Crippen molar-refractivity contribution in [1.82, 2.24) is 9.88 Å². The smallest absolute Gasteiger partial charge is 0.244 e. The van der Waals surface area contributed by atoms with Crippen LogP contribution in [0.3, 0.4) is 0 Å². The standard InChI is InChI=1S/C21H25N3O2/c22-11-3-13-24-15-18(19-5-1-2-6-20(19)24)9-10-21(25)23-12-4-14-26-16-17-7-8-17/h1-2,5-6,9-10,15,17H,3-4,7-8,12-14,16H2,(H,23,25)/b10-9+. The lowest BCUT2D eigenvalue weighted by Gasteiger charge is -2.03. The van der Waals surface area contributed by atoms with E-state index in [4.69, 9.17) is 10.00 Å². The van der Waals surface area contributed by atoms with Crippen LogP contribution in [0.15, 0.2) is 36.5 Å². The van der Waals surface area contributed by atoms with Crippen molar-refractivity contribution in [3.63, 3.8) is 0 Å². The van der Waals surface area contributed by atoms with Crippen molar-refractivity contribution in [2.24, 2.45) is 5.92 Å². The largest absolute Gasteiger partial charge is 0.381 e. The van der Waals surface area contributed by atoms with Gasteiger partial charge in [-0.15, -0.1) is 0 Å². The summed E-state index contributed by atoms with van der Waals surface area (Å²) >= 11 is 0. The zero-order valence-electron chi connectivity index (χ0n) is 15.0. The van der Waals surface area contributed by atoms with Gasteiger partial charge in [0.15, 0.2) is 0 Å². The van der Waals surface area contributed by atoms with Gasteiger partial charge >= 0.3 is 0 Å². The van der Waals surface area contributed by atoms with Gasteiger partial charge in [-0.05, 0) is 37.3 Å². The van der Waals surface area contributed by atoms with Crippen LogP contribution in [-0.4, -0.2) is 30.2 Å². The number of hydrogen-bond donors (Lipinski definition) is 1. The third-order valence-electron chi connectivity index (χ3n) is 4.51. The SMILES string of the molecule is N#CCCn1cc(/C=C/C(=O)NCCCOCC2CC2)c2ccccc21. The van der Waals surface area contributed by atoms with Crippen LogP contribution >= 0.6 is 0 Å². The highest BCUT2D eigenvalue weighted by Crippen LogP contribution is 2.28. The molecule has 0 radical (unpaired) electrons. The lowest BCUT2D eigenvalue weighted by Crippen LogP contribution is -2.23. The van der Waals surface area contributed by atoms with Gasteiger partial charge in [-0.2, -0.15) is 5.26 Å². The summed E-state index contributed by atoms with van der Waals surface area (Å²) in [7, 11) is 0. The maximum atomic E-state index is 12.0. The van der Waals surface area contributed by atoms with Crippen LogP contribution in [0.5, 0.6) is 0 Å². The summed E-state index contributed by atoms with van der Waals surface area (Å²) in [6.45, 7) is 2.84. The average Bonchev–Trinajstić information content (AvgIpc) is 3.42. The van der Waals surface area contributed by atoms with Gasteiger partial charge in [-0.3, -0.25) is 4.79 Å². The highest BCUT2D eigenvalue weighted by Gasteiger charge is 2.20. The summed E-state index contributed by atoms with van der Waals surface area (Å²) in [4.78, 5) is 12.0. The first-order valence-electron chi connectivity index (χ1n) is 9.26. The summed E-state index contributed by atoms with van der Waals surface area (Å²) in [5.74, 6) is 0.684. The van der Waals surface area contributed by atoms with Crippen LogP contribution in [-0.2, 0) is 16.1 Å². The van der Waals surface area contributed by atoms with Crippen molar-refractivity contribution in [3.8, 4) is 6.07 Å². The summed E-state index contributed by atoms with van der Waals surface area (Å²) in [6, 6.07) is 10.2. The second-order valence-electron chi connectivity index (χ2n) is 6.70. The number of aromatic nitrogens is 1. The van der Waals surface area contributed by atoms with Crippen LogP contribution in [0.4, 0.5) is 0 Å². The number of aryl methyl sites for hydroxylation is 1. The van der Waals surface area contributed by atoms with E-state index in [0.29, 0.717) is 26.1 Å². The minimum atomic E-state index is -0.0963. The van der Waals surface area contributed by atoms with Gasteiger partial charge in [0.25, 0.3) is 0 Å². The Kier molecular flexibility index (Phi) is 6.45. The second-order valence-corrected chi connectivity index (χ2v) is 6.70. The Labute approximate surface area is 154 Å². The third kappa shape index (κ3) is 5.21. The van der Waals surface area contributed by atoms with E-state index in [1.165, 1.54) is 12.8 Å². The van der Waals surface area contributed by atoms with Crippen molar-refractivity contribution in [3.05, 3.63) is 42.1 Å². The van der Waals surface area contributed by atoms with Gasteiger partial charge in [0, 0.05) is 55.0 Å². The van der Waals surface area contributed by atoms with Crippen LogP contribution in [0.2, 0.25) is 0 Å². The highest BCUT2D eigenvalue weighted by molar-refractivity contribution is 5.96. The highest BCUT2D eigenvalue weighted by atomic mass is 16.5. The maximum Gasteiger partial charge on any atom is 0.244 e. The Morgan fingerprint density at radius 3 is 3.04 bits per heavy atom. The van der Waals surface area contributed by atoms with Crippen molar-refractivity contribution in [2.45, 2.75) is 32.2 Å². The first-order chi connectivity index (χ1) is 12.8. The lowest BCUT2D eigenvalue weighted by molar-refractivity contribution is -0.116. The molecule has 26 heavy (non-hydrogen) atoms. The maximum absolute atomic E-state index is 12.0. The summed E-state index contributed by atoms with van der Waals surface area (Å²) in [5, 5.41) is 12.8. The van der Waals surface area contributed by atoms with Crippen LogP contribution in [0.1, 0.15) is 31.2 Å².